The van der Waals surface area contributed by atoms with Gasteiger partial charge in [-0.15, -0.1) is 0 Å². The highest BCUT2D eigenvalue weighted by Crippen LogP contribution is 2.11. The van der Waals surface area contributed by atoms with Crippen LogP contribution in [-0.4, -0.2) is 12.6 Å². The highest BCUT2D eigenvalue weighted by Gasteiger charge is 2.15. The maximum absolute atomic E-state index is 3.62. The van der Waals surface area contributed by atoms with Crippen LogP contribution in [0.5, 0.6) is 0 Å². The van der Waals surface area contributed by atoms with Gasteiger partial charge >= 0.3 is 0 Å². The van der Waals surface area contributed by atoms with E-state index in [1.807, 2.05) is 0 Å². The third-order valence-electron chi connectivity index (χ3n) is 2.35. The molecule has 0 bridgehead atoms. The molecule has 1 heteroatoms. The highest BCUT2D eigenvalue weighted by molar-refractivity contribution is 4.73. The Bertz CT molecular complexity index is 89.2. The van der Waals surface area contributed by atoms with Crippen LogP contribution in [0.4, 0.5) is 0 Å². The molecule has 0 aliphatic carbocycles. The van der Waals surface area contributed by atoms with Crippen molar-refractivity contribution in [2.75, 3.05) is 6.54 Å². The van der Waals surface area contributed by atoms with E-state index in [4.69, 9.17) is 0 Å². The minimum atomic E-state index is 0.691. The largest absolute Gasteiger partial charge is 0.313 e. The van der Waals surface area contributed by atoms with Crippen molar-refractivity contribution in [1.29, 1.82) is 0 Å². The lowest BCUT2D eigenvalue weighted by atomic mass is 9.93. The minimum Gasteiger partial charge on any atom is -0.313 e. The summed E-state index contributed by atoms with van der Waals surface area (Å²) in [5.74, 6) is 1.50. The molecule has 0 radical (unpaired) electrons. The van der Waals surface area contributed by atoms with Gasteiger partial charge in [-0.05, 0) is 24.8 Å². The van der Waals surface area contributed by atoms with Crippen molar-refractivity contribution in [3.05, 3.63) is 0 Å². The van der Waals surface area contributed by atoms with Gasteiger partial charge in [0.2, 0.25) is 0 Å². The lowest BCUT2D eigenvalue weighted by molar-refractivity contribution is 0.314. The van der Waals surface area contributed by atoms with Crippen molar-refractivity contribution < 1.29 is 0 Å². The molecule has 0 atom stereocenters. The summed E-state index contributed by atoms with van der Waals surface area (Å²) in [4.78, 5) is 0. The molecule has 0 heterocycles. The van der Waals surface area contributed by atoms with Crippen LogP contribution < -0.4 is 5.32 Å². The smallest absolute Gasteiger partial charge is 0.0113 e. The summed E-state index contributed by atoms with van der Waals surface area (Å²) in [7, 11) is 0. The summed E-state index contributed by atoms with van der Waals surface area (Å²) in [6.45, 7) is 12.6. The molecule has 12 heavy (non-hydrogen) atoms. The second kappa shape index (κ2) is 6.47. The lowest BCUT2D eigenvalue weighted by Gasteiger charge is -2.26. The SMILES string of the molecule is CCCCNC(C(C)C)C(C)C. The molecule has 0 unspecified atom stereocenters. The van der Waals surface area contributed by atoms with Crippen LogP contribution in [0.2, 0.25) is 0 Å². The first-order chi connectivity index (χ1) is 5.59. The fraction of sp³-hybridized carbons (Fsp3) is 1.00. The van der Waals surface area contributed by atoms with Crippen LogP contribution in [0, 0.1) is 11.8 Å². The van der Waals surface area contributed by atoms with Crippen molar-refractivity contribution in [2.24, 2.45) is 11.8 Å². The molecule has 0 fully saturated rings. The fourth-order valence-corrected chi connectivity index (χ4v) is 1.69. The van der Waals surface area contributed by atoms with Crippen LogP contribution in [0.3, 0.4) is 0 Å². The quantitative estimate of drug-likeness (QED) is 0.606. The van der Waals surface area contributed by atoms with E-state index in [2.05, 4.69) is 39.9 Å². The molecule has 1 N–H and O–H groups in total. The molecule has 0 amide bonds. The van der Waals surface area contributed by atoms with E-state index < -0.39 is 0 Å². The molecule has 0 saturated heterocycles. The van der Waals surface area contributed by atoms with Crippen molar-refractivity contribution in [3.8, 4) is 0 Å². The first kappa shape index (κ1) is 12.0. The van der Waals surface area contributed by atoms with Gasteiger partial charge in [-0.2, -0.15) is 0 Å². The van der Waals surface area contributed by atoms with Gasteiger partial charge in [0.05, 0.1) is 0 Å². The molecule has 0 rings (SSSR count). The maximum Gasteiger partial charge on any atom is 0.0113 e. The number of rotatable bonds is 6. The zero-order chi connectivity index (χ0) is 9.56. The van der Waals surface area contributed by atoms with E-state index in [0.29, 0.717) is 6.04 Å². The Hall–Kier alpha value is -0.0400. The van der Waals surface area contributed by atoms with Crippen molar-refractivity contribution in [1.82, 2.24) is 5.32 Å². The number of hydrogen-bond acceptors (Lipinski definition) is 1. The van der Waals surface area contributed by atoms with Gasteiger partial charge in [-0.3, -0.25) is 0 Å². The Morgan fingerprint density at radius 3 is 1.83 bits per heavy atom. The fourth-order valence-electron chi connectivity index (χ4n) is 1.69. The third kappa shape index (κ3) is 4.76. The lowest BCUT2D eigenvalue weighted by Crippen LogP contribution is -2.38. The topological polar surface area (TPSA) is 12.0 Å². The second-order valence-corrected chi connectivity index (χ2v) is 4.32. The summed E-state index contributed by atoms with van der Waals surface area (Å²) < 4.78 is 0. The molecule has 0 aliphatic rings. The van der Waals surface area contributed by atoms with E-state index in [1.165, 1.54) is 19.4 Å². The Labute approximate surface area is 77.9 Å². The summed E-state index contributed by atoms with van der Waals surface area (Å²) in [6, 6.07) is 0.691. The monoisotopic (exact) mass is 171 g/mol. The second-order valence-electron chi connectivity index (χ2n) is 4.32. The number of nitrogens with one attached hydrogen (secondary N) is 1. The average molecular weight is 171 g/mol. The molecule has 0 saturated carbocycles. The van der Waals surface area contributed by atoms with Crippen molar-refractivity contribution >= 4 is 0 Å². The van der Waals surface area contributed by atoms with E-state index in [9.17, 15) is 0 Å². The summed E-state index contributed by atoms with van der Waals surface area (Å²) in [5.41, 5.74) is 0. The van der Waals surface area contributed by atoms with Gasteiger partial charge in [0.1, 0.15) is 0 Å². The molecule has 74 valence electrons. The zero-order valence-corrected chi connectivity index (χ0v) is 9.35. The van der Waals surface area contributed by atoms with Gasteiger partial charge in [0.25, 0.3) is 0 Å². The van der Waals surface area contributed by atoms with Gasteiger partial charge in [0.15, 0.2) is 0 Å². The minimum absolute atomic E-state index is 0.691. The predicted molar refractivity (Wildman–Crippen MR) is 56.4 cm³/mol. The normalized spacial score (nSPS) is 12.0. The first-order valence-corrected chi connectivity index (χ1v) is 5.33. The Kier molecular flexibility index (Phi) is 6.45. The zero-order valence-electron chi connectivity index (χ0n) is 9.35. The van der Waals surface area contributed by atoms with Crippen LogP contribution in [0.25, 0.3) is 0 Å². The van der Waals surface area contributed by atoms with Crippen molar-refractivity contribution in [2.45, 2.75) is 53.5 Å². The van der Waals surface area contributed by atoms with Crippen LogP contribution in [0.15, 0.2) is 0 Å². The van der Waals surface area contributed by atoms with Gasteiger partial charge in [0, 0.05) is 6.04 Å². The van der Waals surface area contributed by atoms with Gasteiger partial charge < -0.3 is 5.32 Å². The van der Waals surface area contributed by atoms with Crippen molar-refractivity contribution in [3.63, 3.8) is 0 Å². The summed E-state index contributed by atoms with van der Waals surface area (Å²) >= 11 is 0. The first-order valence-electron chi connectivity index (χ1n) is 5.33. The predicted octanol–water partition coefficient (Wildman–Crippen LogP) is 3.06. The molecule has 0 aromatic carbocycles. The highest BCUT2D eigenvalue weighted by atomic mass is 14.9. The molecule has 0 aromatic heterocycles. The Balaban J connectivity index is 3.64. The van der Waals surface area contributed by atoms with E-state index in [-0.39, 0.29) is 0 Å². The molecule has 0 aliphatic heterocycles. The molecular weight excluding hydrogens is 146 g/mol. The number of unbranched alkanes of at least 4 members (excludes halogenated alkanes) is 1. The van der Waals surface area contributed by atoms with E-state index >= 15 is 0 Å². The Morgan fingerprint density at radius 1 is 1.00 bits per heavy atom. The average Bonchev–Trinajstić information content (AvgIpc) is 1.96. The van der Waals surface area contributed by atoms with Crippen LogP contribution in [0.1, 0.15) is 47.5 Å². The molecule has 1 nitrogen and oxygen atoms in total. The van der Waals surface area contributed by atoms with Crippen LogP contribution in [-0.2, 0) is 0 Å². The van der Waals surface area contributed by atoms with E-state index in [0.717, 1.165) is 11.8 Å². The van der Waals surface area contributed by atoms with Crippen LogP contribution >= 0.6 is 0 Å². The summed E-state index contributed by atoms with van der Waals surface area (Å²) in [6.07, 6.45) is 2.59. The number of hydrogen-bond donors (Lipinski definition) is 1. The Morgan fingerprint density at radius 2 is 1.50 bits per heavy atom. The molecular formula is C11H25N. The summed E-state index contributed by atoms with van der Waals surface area (Å²) in [5, 5.41) is 3.62. The molecule has 0 spiro atoms. The van der Waals surface area contributed by atoms with Gasteiger partial charge in [-0.25, -0.2) is 0 Å². The standard InChI is InChI=1S/C11H25N/c1-6-7-8-12-11(9(2)3)10(4)5/h9-12H,6-8H2,1-5H3. The third-order valence-corrected chi connectivity index (χ3v) is 2.35. The maximum atomic E-state index is 3.62. The van der Waals surface area contributed by atoms with E-state index in [1.54, 1.807) is 0 Å². The van der Waals surface area contributed by atoms with Gasteiger partial charge in [-0.1, -0.05) is 41.0 Å². The molecule has 0 aromatic rings.